The number of hydrogen-bond acceptors (Lipinski definition) is 4. The van der Waals surface area contributed by atoms with E-state index >= 15 is 0 Å². The summed E-state index contributed by atoms with van der Waals surface area (Å²) in [7, 11) is -3.73. The minimum absolute atomic E-state index is 0.0474. The Bertz CT molecular complexity index is 1080. The van der Waals surface area contributed by atoms with Crippen LogP contribution in [0.2, 0.25) is 0 Å². The van der Waals surface area contributed by atoms with Crippen molar-refractivity contribution in [3.8, 4) is 0 Å². The zero-order valence-corrected chi connectivity index (χ0v) is 19.1. The Morgan fingerprint density at radius 3 is 2.30 bits per heavy atom. The maximum absolute atomic E-state index is 13.2. The number of nitrogens with zero attached hydrogens (tertiary/aromatic N) is 2. The fourth-order valence-electron chi connectivity index (χ4n) is 4.44. The first-order chi connectivity index (χ1) is 15.8. The van der Waals surface area contributed by atoms with Crippen LogP contribution in [-0.2, 0) is 19.6 Å². The van der Waals surface area contributed by atoms with Crippen molar-refractivity contribution in [1.29, 1.82) is 0 Å². The van der Waals surface area contributed by atoms with Crippen LogP contribution in [0.3, 0.4) is 0 Å². The third-order valence-electron chi connectivity index (χ3n) is 6.37. The second-order valence-corrected chi connectivity index (χ2v) is 10.5. The number of rotatable bonds is 7. The van der Waals surface area contributed by atoms with Crippen molar-refractivity contribution in [3.05, 3.63) is 66.0 Å². The predicted octanol–water partition coefficient (Wildman–Crippen LogP) is 2.71. The smallest absolute Gasteiger partial charge is 0.243 e. The van der Waals surface area contributed by atoms with Gasteiger partial charge in [-0.25, -0.2) is 12.8 Å². The van der Waals surface area contributed by atoms with Crippen LogP contribution in [0, 0.1) is 11.7 Å². The van der Waals surface area contributed by atoms with Crippen molar-refractivity contribution in [3.63, 3.8) is 0 Å². The molecule has 7 nitrogen and oxygen atoms in total. The highest BCUT2D eigenvalue weighted by molar-refractivity contribution is 7.89. The number of halogens is 1. The fraction of sp³-hybridized carbons (Fsp3) is 0.417. The van der Waals surface area contributed by atoms with Gasteiger partial charge in [-0.2, -0.15) is 4.31 Å². The van der Waals surface area contributed by atoms with Crippen molar-refractivity contribution < 1.29 is 22.4 Å². The Kier molecular flexibility index (Phi) is 7.09. The summed E-state index contributed by atoms with van der Waals surface area (Å²) in [5.41, 5.74) is 0.932. The molecule has 2 aliphatic heterocycles. The van der Waals surface area contributed by atoms with Gasteiger partial charge in [0.2, 0.25) is 21.8 Å². The molecule has 2 aliphatic rings. The molecule has 1 atom stereocenters. The van der Waals surface area contributed by atoms with E-state index in [1.807, 2.05) is 30.3 Å². The van der Waals surface area contributed by atoms with Gasteiger partial charge in [0.05, 0.1) is 10.9 Å². The zero-order chi connectivity index (χ0) is 23.4. The van der Waals surface area contributed by atoms with Crippen molar-refractivity contribution >= 4 is 21.8 Å². The minimum atomic E-state index is -3.73. The van der Waals surface area contributed by atoms with E-state index in [1.165, 1.54) is 16.4 Å². The third-order valence-corrected chi connectivity index (χ3v) is 8.28. The molecule has 0 aromatic heterocycles. The van der Waals surface area contributed by atoms with Crippen LogP contribution in [0.5, 0.6) is 0 Å². The first-order valence-corrected chi connectivity index (χ1v) is 12.7. The fourth-order valence-corrected chi connectivity index (χ4v) is 5.91. The van der Waals surface area contributed by atoms with Gasteiger partial charge in [-0.05, 0) is 49.1 Å². The molecule has 2 amide bonds. The van der Waals surface area contributed by atoms with E-state index in [-0.39, 0.29) is 41.8 Å². The number of piperidine rings is 1. The molecule has 2 aromatic carbocycles. The Hall–Kier alpha value is -2.78. The third kappa shape index (κ3) is 5.42. The maximum atomic E-state index is 13.2. The molecule has 0 bridgehead atoms. The lowest BCUT2D eigenvalue weighted by atomic mass is 9.96. The summed E-state index contributed by atoms with van der Waals surface area (Å²) < 4.78 is 40.2. The molecule has 33 heavy (non-hydrogen) atoms. The van der Waals surface area contributed by atoms with Crippen LogP contribution in [0.15, 0.2) is 59.5 Å². The molecule has 4 rings (SSSR count). The first-order valence-electron chi connectivity index (χ1n) is 11.2. The summed E-state index contributed by atoms with van der Waals surface area (Å²) in [6, 6.07) is 14.0. The van der Waals surface area contributed by atoms with Crippen LogP contribution in [0.25, 0.3) is 0 Å². The zero-order valence-electron chi connectivity index (χ0n) is 18.3. The van der Waals surface area contributed by atoms with E-state index < -0.39 is 15.8 Å². The lowest BCUT2D eigenvalue weighted by molar-refractivity contribution is -0.130. The topological polar surface area (TPSA) is 86.8 Å². The van der Waals surface area contributed by atoms with Gasteiger partial charge in [-0.1, -0.05) is 30.3 Å². The molecular weight excluding hydrogens is 445 g/mol. The van der Waals surface area contributed by atoms with Crippen molar-refractivity contribution in [2.75, 3.05) is 26.2 Å². The van der Waals surface area contributed by atoms with Gasteiger partial charge in [0.1, 0.15) is 5.82 Å². The first kappa shape index (κ1) is 23.4. The Balaban J connectivity index is 1.39. The lowest BCUT2D eigenvalue weighted by Gasteiger charge is -2.32. The highest BCUT2D eigenvalue weighted by Crippen LogP contribution is 2.26. The standard InChI is InChI=1S/C24H28FN3O4S/c25-20-8-10-21(11-9-20)33(31,32)28-15-12-19(13-16-28)24(30)26-22(18-5-2-1-3-6-18)17-27-14-4-7-23(27)29/h1-3,5-6,8-11,19,22H,4,7,12-17H2,(H,26,30). The molecule has 1 unspecified atom stereocenters. The van der Waals surface area contributed by atoms with E-state index in [9.17, 15) is 22.4 Å². The van der Waals surface area contributed by atoms with Gasteiger partial charge in [-0.3, -0.25) is 9.59 Å². The van der Waals surface area contributed by atoms with E-state index in [0.717, 1.165) is 24.1 Å². The van der Waals surface area contributed by atoms with E-state index in [2.05, 4.69) is 5.32 Å². The van der Waals surface area contributed by atoms with E-state index in [4.69, 9.17) is 0 Å². The maximum Gasteiger partial charge on any atom is 0.243 e. The highest BCUT2D eigenvalue weighted by Gasteiger charge is 2.33. The Labute approximate surface area is 193 Å². The van der Waals surface area contributed by atoms with Crippen LogP contribution >= 0.6 is 0 Å². The van der Waals surface area contributed by atoms with Crippen LogP contribution in [0.1, 0.15) is 37.3 Å². The van der Waals surface area contributed by atoms with Gasteiger partial charge in [0.25, 0.3) is 0 Å². The average Bonchev–Trinajstić information content (AvgIpc) is 3.23. The van der Waals surface area contributed by atoms with Gasteiger partial charge in [0, 0.05) is 38.5 Å². The van der Waals surface area contributed by atoms with Gasteiger partial charge in [0.15, 0.2) is 0 Å². The molecule has 176 valence electrons. The number of carbonyl (C=O) groups is 2. The van der Waals surface area contributed by atoms with Crippen molar-refractivity contribution in [1.82, 2.24) is 14.5 Å². The van der Waals surface area contributed by atoms with Gasteiger partial charge >= 0.3 is 0 Å². The van der Waals surface area contributed by atoms with Crippen molar-refractivity contribution in [2.45, 2.75) is 36.6 Å². The summed E-state index contributed by atoms with van der Waals surface area (Å²) in [6.07, 6.45) is 2.17. The molecular formula is C24H28FN3O4S. The van der Waals surface area contributed by atoms with Crippen LogP contribution < -0.4 is 5.32 Å². The summed E-state index contributed by atoms with van der Waals surface area (Å²) in [4.78, 5) is 27.0. The average molecular weight is 474 g/mol. The Morgan fingerprint density at radius 1 is 1.03 bits per heavy atom. The highest BCUT2D eigenvalue weighted by atomic mass is 32.2. The molecule has 1 N–H and O–H groups in total. The molecule has 2 heterocycles. The molecule has 2 saturated heterocycles. The second-order valence-electron chi connectivity index (χ2n) is 8.55. The number of likely N-dealkylation sites (tertiary alicyclic amines) is 1. The van der Waals surface area contributed by atoms with E-state index in [0.29, 0.717) is 32.4 Å². The molecule has 2 aromatic rings. The molecule has 9 heteroatoms. The summed E-state index contributed by atoms with van der Waals surface area (Å²) >= 11 is 0. The molecule has 0 aliphatic carbocycles. The summed E-state index contributed by atoms with van der Waals surface area (Å²) in [5, 5.41) is 3.10. The number of amides is 2. The van der Waals surface area contributed by atoms with E-state index in [1.54, 1.807) is 4.90 Å². The number of sulfonamides is 1. The SMILES string of the molecule is O=C(NC(CN1CCCC1=O)c1ccccc1)C1CCN(S(=O)(=O)c2ccc(F)cc2)CC1. The minimum Gasteiger partial charge on any atom is -0.347 e. The largest absolute Gasteiger partial charge is 0.347 e. The number of benzene rings is 2. The van der Waals surface area contributed by atoms with Gasteiger partial charge in [-0.15, -0.1) is 0 Å². The predicted molar refractivity (Wildman–Crippen MR) is 121 cm³/mol. The number of hydrogen-bond donors (Lipinski definition) is 1. The molecule has 0 radical (unpaired) electrons. The molecule has 2 fully saturated rings. The Morgan fingerprint density at radius 2 is 1.70 bits per heavy atom. The van der Waals surface area contributed by atoms with Crippen LogP contribution in [0.4, 0.5) is 4.39 Å². The monoisotopic (exact) mass is 473 g/mol. The van der Waals surface area contributed by atoms with Gasteiger partial charge < -0.3 is 10.2 Å². The normalized spacial score (nSPS) is 18.9. The molecule has 0 spiro atoms. The van der Waals surface area contributed by atoms with Crippen molar-refractivity contribution in [2.24, 2.45) is 5.92 Å². The lowest BCUT2D eigenvalue weighted by Crippen LogP contribution is -2.45. The summed E-state index contributed by atoms with van der Waals surface area (Å²) in [6.45, 7) is 1.56. The van der Waals surface area contributed by atoms with Crippen LogP contribution in [-0.4, -0.2) is 55.6 Å². The summed E-state index contributed by atoms with van der Waals surface area (Å²) in [5.74, 6) is -0.836. The molecule has 0 saturated carbocycles. The second kappa shape index (κ2) is 10.0. The number of carbonyl (C=O) groups excluding carboxylic acids is 2. The quantitative estimate of drug-likeness (QED) is 0.670. The number of nitrogens with one attached hydrogen (secondary N) is 1.